The van der Waals surface area contributed by atoms with Crippen LogP contribution in [0, 0.1) is 0 Å². The van der Waals surface area contributed by atoms with Gasteiger partial charge in [0.05, 0.1) is 5.56 Å². The van der Waals surface area contributed by atoms with E-state index < -0.39 is 0 Å². The minimum atomic E-state index is 0.162. The topological polar surface area (TPSA) is 63.8 Å². The van der Waals surface area contributed by atoms with Crippen LogP contribution in [0.5, 0.6) is 0 Å². The molecule has 0 bridgehead atoms. The molecule has 0 fully saturated rings. The molecule has 21 heavy (non-hydrogen) atoms. The summed E-state index contributed by atoms with van der Waals surface area (Å²) in [5.41, 5.74) is 9.26. The Hall–Kier alpha value is -2.40. The number of aromatic nitrogens is 2. The van der Waals surface area contributed by atoms with Crippen molar-refractivity contribution in [2.45, 2.75) is 13.0 Å². The van der Waals surface area contributed by atoms with E-state index in [0.717, 1.165) is 16.1 Å². The van der Waals surface area contributed by atoms with Gasteiger partial charge in [-0.05, 0) is 41.7 Å². The second-order valence-electron chi connectivity index (χ2n) is 4.78. The van der Waals surface area contributed by atoms with E-state index in [9.17, 15) is 0 Å². The number of benzene rings is 1. The van der Waals surface area contributed by atoms with E-state index in [4.69, 9.17) is 5.73 Å². The first-order valence-electron chi connectivity index (χ1n) is 6.72. The second kappa shape index (κ2) is 5.93. The van der Waals surface area contributed by atoms with Crippen molar-refractivity contribution < 1.29 is 0 Å². The lowest BCUT2D eigenvalue weighted by Crippen LogP contribution is -2.06. The lowest BCUT2D eigenvalue weighted by atomic mass is 10.1. The zero-order chi connectivity index (χ0) is 14.7. The SMILES string of the molecule is CC(Nc1snc(N)c1-c1ccccc1)c1ccncc1. The van der Waals surface area contributed by atoms with Gasteiger partial charge >= 0.3 is 0 Å². The predicted octanol–water partition coefficient (Wildman–Crippen LogP) is 3.96. The lowest BCUT2D eigenvalue weighted by Gasteiger charge is -2.15. The smallest absolute Gasteiger partial charge is 0.147 e. The highest BCUT2D eigenvalue weighted by molar-refractivity contribution is 7.11. The van der Waals surface area contributed by atoms with Crippen molar-refractivity contribution in [1.29, 1.82) is 0 Å². The van der Waals surface area contributed by atoms with Crippen molar-refractivity contribution in [3.8, 4) is 11.1 Å². The van der Waals surface area contributed by atoms with Gasteiger partial charge in [-0.15, -0.1) is 0 Å². The van der Waals surface area contributed by atoms with Crippen molar-refractivity contribution in [2.75, 3.05) is 11.1 Å². The van der Waals surface area contributed by atoms with Crippen LogP contribution >= 0.6 is 11.5 Å². The summed E-state index contributed by atoms with van der Waals surface area (Å²) < 4.78 is 4.28. The number of anilines is 2. The molecule has 2 heterocycles. The number of nitrogens with two attached hydrogens (primary N) is 1. The van der Waals surface area contributed by atoms with Gasteiger partial charge in [0.1, 0.15) is 10.8 Å². The van der Waals surface area contributed by atoms with Crippen molar-refractivity contribution in [1.82, 2.24) is 9.36 Å². The van der Waals surface area contributed by atoms with E-state index in [-0.39, 0.29) is 6.04 Å². The number of rotatable bonds is 4. The van der Waals surface area contributed by atoms with E-state index in [2.05, 4.69) is 21.6 Å². The minimum Gasteiger partial charge on any atom is -0.382 e. The third-order valence-corrected chi connectivity index (χ3v) is 4.13. The van der Waals surface area contributed by atoms with E-state index in [0.29, 0.717) is 5.82 Å². The molecule has 1 unspecified atom stereocenters. The first kappa shape index (κ1) is 13.6. The highest BCUT2D eigenvalue weighted by atomic mass is 32.1. The third kappa shape index (κ3) is 2.87. The first-order chi connectivity index (χ1) is 10.3. The molecular formula is C16H16N4S. The van der Waals surface area contributed by atoms with Gasteiger partial charge in [-0.1, -0.05) is 30.3 Å². The van der Waals surface area contributed by atoms with Gasteiger partial charge in [-0.3, -0.25) is 4.98 Å². The second-order valence-corrected chi connectivity index (χ2v) is 5.56. The normalized spacial score (nSPS) is 12.0. The summed E-state index contributed by atoms with van der Waals surface area (Å²) in [5.74, 6) is 0.565. The van der Waals surface area contributed by atoms with Crippen LogP contribution in [-0.2, 0) is 0 Å². The van der Waals surface area contributed by atoms with E-state index in [1.54, 1.807) is 12.4 Å². The number of nitrogens with zero attached hydrogens (tertiary/aromatic N) is 2. The van der Waals surface area contributed by atoms with Crippen molar-refractivity contribution in [2.24, 2.45) is 0 Å². The monoisotopic (exact) mass is 296 g/mol. The van der Waals surface area contributed by atoms with Crippen molar-refractivity contribution in [3.63, 3.8) is 0 Å². The Labute approximate surface area is 127 Å². The van der Waals surface area contributed by atoms with E-state index in [1.807, 2.05) is 42.5 Å². The zero-order valence-electron chi connectivity index (χ0n) is 11.7. The average molecular weight is 296 g/mol. The Morgan fingerprint density at radius 1 is 1.10 bits per heavy atom. The van der Waals surface area contributed by atoms with Gasteiger partial charge in [0, 0.05) is 18.4 Å². The Morgan fingerprint density at radius 2 is 1.81 bits per heavy atom. The van der Waals surface area contributed by atoms with Crippen LogP contribution in [-0.4, -0.2) is 9.36 Å². The Balaban J connectivity index is 1.91. The molecule has 1 atom stereocenters. The van der Waals surface area contributed by atoms with Crippen molar-refractivity contribution >= 4 is 22.4 Å². The Morgan fingerprint density at radius 3 is 2.52 bits per heavy atom. The standard InChI is InChI=1S/C16H16N4S/c1-11(12-7-9-18-10-8-12)19-16-14(15(17)20-21-16)13-5-3-2-4-6-13/h2-11,19H,1H3,(H2,17,20). The van der Waals surface area contributed by atoms with Crippen LogP contribution in [0.4, 0.5) is 10.8 Å². The van der Waals surface area contributed by atoms with Gasteiger partial charge in [0.2, 0.25) is 0 Å². The summed E-state index contributed by atoms with van der Waals surface area (Å²) in [6.07, 6.45) is 3.60. The molecule has 2 aromatic heterocycles. The molecule has 0 radical (unpaired) electrons. The first-order valence-corrected chi connectivity index (χ1v) is 7.50. The number of nitrogens with one attached hydrogen (secondary N) is 1. The highest BCUT2D eigenvalue weighted by Gasteiger charge is 2.15. The highest BCUT2D eigenvalue weighted by Crippen LogP contribution is 2.38. The van der Waals surface area contributed by atoms with Crippen LogP contribution in [0.1, 0.15) is 18.5 Å². The molecule has 4 nitrogen and oxygen atoms in total. The quantitative estimate of drug-likeness (QED) is 0.765. The summed E-state index contributed by atoms with van der Waals surface area (Å²) in [5, 5.41) is 4.48. The van der Waals surface area contributed by atoms with Crippen LogP contribution in [0.15, 0.2) is 54.9 Å². The number of pyridine rings is 1. The molecule has 0 aliphatic rings. The molecule has 1 aromatic carbocycles. The molecule has 3 aromatic rings. The summed E-state index contributed by atoms with van der Waals surface area (Å²) in [7, 11) is 0. The fourth-order valence-electron chi connectivity index (χ4n) is 2.22. The average Bonchev–Trinajstić information content (AvgIpc) is 2.89. The van der Waals surface area contributed by atoms with Crippen molar-refractivity contribution in [3.05, 3.63) is 60.4 Å². The van der Waals surface area contributed by atoms with Gasteiger partial charge in [-0.2, -0.15) is 4.37 Å². The van der Waals surface area contributed by atoms with Crippen LogP contribution < -0.4 is 11.1 Å². The summed E-state index contributed by atoms with van der Waals surface area (Å²) >= 11 is 1.39. The molecule has 0 aliphatic heterocycles. The predicted molar refractivity (Wildman–Crippen MR) is 88.2 cm³/mol. The summed E-state index contributed by atoms with van der Waals surface area (Å²) in [6, 6.07) is 14.3. The van der Waals surface area contributed by atoms with Gasteiger partial charge < -0.3 is 11.1 Å². The number of hydrogen-bond donors (Lipinski definition) is 2. The van der Waals surface area contributed by atoms with Crippen LogP contribution in [0.25, 0.3) is 11.1 Å². The maximum absolute atomic E-state index is 6.04. The Bertz CT molecular complexity index is 710. The molecular weight excluding hydrogens is 280 g/mol. The van der Waals surface area contributed by atoms with Crippen LogP contribution in [0.3, 0.4) is 0 Å². The molecule has 106 valence electrons. The Kier molecular flexibility index (Phi) is 3.83. The lowest BCUT2D eigenvalue weighted by molar-refractivity contribution is 0.886. The molecule has 0 spiro atoms. The molecule has 3 N–H and O–H groups in total. The summed E-state index contributed by atoms with van der Waals surface area (Å²) in [6.45, 7) is 2.11. The van der Waals surface area contributed by atoms with E-state index in [1.165, 1.54) is 17.1 Å². The molecule has 0 saturated carbocycles. The third-order valence-electron chi connectivity index (χ3n) is 3.33. The molecule has 5 heteroatoms. The van der Waals surface area contributed by atoms with Gasteiger partial charge in [0.15, 0.2) is 0 Å². The molecule has 0 amide bonds. The zero-order valence-corrected chi connectivity index (χ0v) is 12.5. The number of hydrogen-bond acceptors (Lipinski definition) is 5. The van der Waals surface area contributed by atoms with Crippen LogP contribution in [0.2, 0.25) is 0 Å². The largest absolute Gasteiger partial charge is 0.382 e. The van der Waals surface area contributed by atoms with Gasteiger partial charge in [-0.25, -0.2) is 0 Å². The molecule has 3 rings (SSSR count). The van der Waals surface area contributed by atoms with Gasteiger partial charge in [0.25, 0.3) is 0 Å². The minimum absolute atomic E-state index is 0.162. The maximum Gasteiger partial charge on any atom is 0.147 e. The maximum atomic E-state index is 6.04. The number of nitrogen functional groups attached to an aromatic ring is 1. The fraction of sp³-hybridized carbons (Fsp3) is 0.125. The summed E-state index contributed by atoms with van der Waals surface area (Å²) in [4.78, 5) is 4.05. The molecule has 0 saturated heterocycles. The fourth-order valence-corrected chi connectivity index (χ4v) is 3.04. The van der Waals surface area contributed by atoms with E-state index >= 15 is 0 Å². The molecule has 0 aliphatic carbocycles.